The van der Waals surface area contributed by atoms with Crippen molar-refractivity contribution in [1.82, 2.24) is 5.32 Å². The van der Waals surface area contributed by atoms with Crippen molar-refractivity contribution in [2.75, 3.05) is 14.2 Å². The molecule has 1 atom stereocenters. The number of methoxy groups -OCH3 is 1. The van der Waals surface area contributed by atoms with Gasteiger partial charge in [-0.1, -0.05) is 33.6 Å². The van der Waals surface area contributed by atoms with Crippen LogP contribution in [0.3, 0.4) is 0 Å². The molecule has 1 N–H and O–H groups in total. The van der Waals surface area contributed by atoms with Crippen LogP contribution in [0.25, 0.3) is 0 Å². The van der Waals surface area contributed by atoms with Gasteiger partial charge in [0.25, 0.3) is 0 Å². The van der Waals surface area contributed by atoms with Crippen LogP contribution in [0.2, 0.25) is 5.02 Å². The van der Waals surface area contributed by atoms with Crippen LogP contribution in [0.4, 0.5) is 4.39 Å². The summed E-state index contributed by atoms with van der Waals surface area (Å²) in [6, 6.07) is 10.3. The Hall–Kier alpha value is -1.10. The van der Waals surface area contributed by atoms with Crippen LogP contribution in [0.1, 0.15) is 17.2 Å². The first kappa shape index (κ1) is 15.3. The van der Waals surface area contributed by atoms with Crippen LogP contribution in [-0.4, -0.2) is 14.2 Å². The normalized spacial score (nSPS) is 12.2. The number of nitrogens with one attached hydrogen (secondary N) is 1. The fraction of sp³-hybridized carbons (Fsp3) is 0.200. The maximum atomic E-state index is 13.3. The minimum atomic E-state index is -0.425. The predicted molar refractivity (Wildman–Crippen MR) is 83.0 cm³/mol. The number of ether oxygens (including phenoxy) is 1. The Balaban J connectivity index is 2.51. The molecule has 0 spiro atoms. The van der Waals surface area contributed by atoms with Crippen molar-refractivity contribution in [3.63, 3.8) is 0 Å². The number of halogens is 3. The molecule has 0 amide bonds. The highest BCUT2D eigenvalue weighted by atomic mass is 79.9. The molecule has 0 aliphatic heterocycles. The highest BCUT2D eigenvalue weighted by Crippen LogP contribution is 2.33. The molecule has 2 aromatic rings. The molecule has 106 valence electrons. The third kappa shape index (κ3) is 3.14. The Morgan fingerprint density at radius 1 is 1.25 bits per heavy atom. The van der Waals surface area contributed by atoms with Gasteiger partial charge in [0.15, 0.2) is 0 Å². The summed E-state index contributed by atoms with van der Waals surface area (Å²) < 4.78 is 19.6. The third-order valence-electron chi connectivity index (χ3n) is 3.07. The van der Waals surface area contributed by atoms with E-state index in [1.165, 1.54) is 6.07 Å². The third-order valence-corrected chi connectivity index (χ3v) is 3.85. The number of hydrogen-bond donors (Lipinski definition) is 1. The zero-order valence-electron chi connectivity index (χ0n) is 11.1. The fourth-order valence-electron chi connectivity index (χ4n) is 2.12. The lowest BCUT2D eigenvalue weighted by Gasteiger charge is -2.20. The number of hydrogen-bond acceptors (Lipinski definition) is 2. The van der Waals surface area contributed by atoms with Crippen LogP contribution in [-0.2, 0) is 0 Å². The van der Waals surface area contributed by atoms with Gasteiger partial charge in [0.2, 0.25) is 0 Å². The number of benzene rings is 2. The monoisotopic (exact) mass is 357 g/mol. The van der Waals surface area contributed by atoms with Gasteiger partial charge in [0.1, 0.15) is 11.6 Å². The first-order chi connectivity index (χ1) is 9.56. The average molecular weight is 359 g/mol. The highest BCUT2D eigenvalue weighted by molar-refractivity contribution is 9.10. The van der Waals surface area contributed by atoms with Gasteiger partial charge < -0.3 is 10.1 Å². The zero-order chi connectivity index (χ0) is 14.7. The molecule has 2 rings (SSSR count). The van der Waals surface area contributed by atoms with E-state index in [0.717, 1.165) is 21.3 Å². The summed E-state index contributed by atoms with van der Waals surface area (Å²) in [6.45, 7) is 0. The molecule has 0 heterocycles. The Labute approximate surface area is 131 Å². The molecule has 1 unspecified atom stereocenters. The molecule has 2 nitrogen and oxygen atoms in total. The molecule has 0 fully saturated rings. The summed E-state index contributed by atoms with van der Waals surface area (Å²) in [7, 11) is 3.46. The summed E-state index contributed by atoms with van der Waals surface area (Å²) in [5, 5.41) is 3.31. The smallest absolute Gasteiger partial charge is 0.141 e. The van der Waals surface area contributed by atoms with E-state index < -0.39 is 5.82 Å². The lowest BCUT2D eigenvalue weighted by Crippen LogP contribution is -2.18. The SMILES string of the molecule is CNC(c1ccc(F)c(Cl)c1)c1cc(Br)ccc1OC. The van der Waals surface area contributed by atoms with E-state index in [2.05, 4.69) is 21.2 Å². The molecule has 0 saturated carbocycles. The van der Waals surface area contributed by atoms with Crippen molar-refractivity contribution in [3.05, 3.63) is 62.8 Å². The van der Waals surface area contributed by atoms with Crippen molar-refractivity contribution in [3.8, 4) is 5.75 Å². The second kappa shape index (κ2) is 6.57. The van der Waals surface area contributed by atoms with Crippen molar-refractivity contribution < 1.29 is 9.13 Å². The van der Waals surface area contributed by atoms with E-state index >= 15 is 0 Å². The summed E-state index contributed by atoms with van der Waals surface area (Å²) >= 11 is 9.32. The van der Waals surface area contributed by atoms with Gasteiger partial charge >= 0.3 is 0 Å². The maximum Gasteiger partial charge on any atom is 0.141 e. The van der Waals surface area contributed by atoms with E-state index in [0.29, 0.717) is 0 Å². The molecular formula is C15H14BrClFNO. The van der Waals surface area contributed by atoms with Gasteiger partial charge in [0, 0.05) is 10.0 Å². The minimum Gasteiger partial charge on any atom is -0.496 e. The van der Waals surface area contributed by atoms with E-state index in [9.17, 15) is 4.39 Å². The van der Waals surface area contributed by atoms with Crippen LogP contribution in [0, 0.1) is 5.82 Å². The topological polar surface area (TPSA) is 21.3 Å². The second-order valence-corrected chi connectivity index (χ2v) is 5.60. The van der Waals surface area contributed by atoms with Gasteiger partial charge in [-0.05, 0) is 42.9 Å². The summed E-state index contributed by atoms with van der Waals surface area (Å²) in [4.78, 5) is 0. The van der Waals surface area contributed by atoms with Gasteiger partial charge in [-0.15, -0.1) is 0 Å². The number of rotatable bonds is 4. The van der Waals surface area contributed by atoms with Crippen molar-refractivity contribution in [2.45, 2.75) is 6.04 Å². The maximum absolute atomic E-state index is 13.3. The Morgan fingerprint density at radius 2 is 2.00 bits per heavy atom. The van der Waals surface area contributed by atoms with Gasteiger partial charge in [-0.3, -0.25) is 0 Å². The van der Waals surface area contributed by atoms with E-state index in [1.54, 1.807) is 19.2 Å². The molecule has 0 aliphatic rings. The Morgan fingerprint density at radius 3 is 2.60 bits per heavy atom. The molecule has 0 saturated heterocycles. The van der Waals surface area contributed by atoms with Crippen LogP contribution >= 0.6 is 27.5 Å². The second-order valence-electron chi connectivity index (χ2n) is 4.28. The first-order valence-corrected chi connectivity index (χ1v) is 7.19. The summed E-state index contributed by atoms with van der Waals surface area (Å²) in [6.07, 6.45) is 0. The first-order valence-electron chi connectivity index (χ1n) is 6.02. The lowest BCUT2D eigenvalue weighted by molar-refractivity contribution is 0.405. The summed E-state index contributed by atoms with van der Waals surface area (Å²) in [5.74, 6) is 0.333. The minimum absolute atomic E-state index is 0.108. The molecule has 0 radical (unpaired) electrons. The lowest BCUT2D eigenvalue weighted by atomic mass is 9.98. The van der Waals surface area contributed by atoms with Gasteiger partial charge in [-0.2, -0.15) is 0 Å². The Bertz CT molecular complexity index is 621. The van der Waals surface area contributed by atoms with Crippen LogP contribution in [0.5, 0.6) is 5.75 Å². The molecule has 5 heteroatoms. The molecule has 0 aliphatic carbocycles. The average Bonchev–Trinajstić information content (AvgIpc) is 2.44. The molecular weight excluding hydrogens is 345 g/mol. The van der Waals surface area contributed by atoms with Crippen LogP contribution in [0.15, 0.2) is 40.9 Å². The van der Waals surface area contributed by atoms with Crippen molar-refractivity contribution in [2.24, 2.45) is 0 Å². The molecule has 2 aromatic carbocycles. The predicted octanol–water partition coefficient (Wildman–Crippen LogP) is 4.56. The standard InChI is InChI=1S/C15H14BrClFNO/c1-19-15(9-3-5-13(18)12(17)7-9)11-8-10(16)4-6-14(11)20-2/h3-8,15,19H,1-2H3. The van der Waals surface area contributed by atoms with Crippen molar-refractivity contribution >= 4 is 27.5 Å². The molecule has 20 heavy (non-hydrogen) atoms. The van der Waals surface area contributed by atoms with E-state index in [4.69, 9.17) is 16.3 Å². The van der Waals surface area contributed by atoms with Gasteiger partial charge in [0.05, 0.1) is 18.2 Å². The Kier molecular flexibility index (Phi) is 5.02. The zero-order valence-corrected chi connectivity index (χ0v) is 13.4. The van der Waals surface area contributed by atoms with Crippen molar-refractivity contribution in [1.29, 1.82) is 0 Å². The highest BCUT2D eigenvalue weighted by Gasteiger charge is 2.18. The quantitative estimate of drug-likeness (QED) is 0.865. The van der Waals surface area contributed by atoms with E-state index in [-0.39, 0.29) is 11.1 Å². The van der Waals surface area contributed by atoms with E-state index in [1.807, 2.05) is 25.2 Å². The molecule has 0 aromatic heterocycles. The van der Waals surface area contributed by atoms with Crippen LogP contribution < -0.4 is 10.1 Å². The largest absolute Gasteiger partial charge is 0.496 e. The summed E-state index contributed by atoms with van der Waals surface area (Å²) in [5.41, 5.74) is 1.82. The fourth-order valence-corrected chi connectivity index (χ4v) is 2.69. The molecule has 0 bridgehead atoms. The van der Waals surface area contributed by atoms with Gasteiger partial charge in [-0.25, -0.2) is 4.39 Å².